The van der Waals surface area contributed by atoms with Crippen molar-refractivity contribution in [3.8, 4) is 0 Å². The molecule has 154 valence electrons. The molecule has 0 fully saturated rings. The van der Waals surface area contributed by atoms with Gasteiger partial charge in [-0.25, -0.2) is 8.42 Å². The van der Waals surface area contributed by atoms with Crippen LogP contribution in [0.2, 0.25) is 0 Å². The summed E-state index contributed by atoms with van der Waals surface area (Å²) in [6.45, 7) is 3.86. The number of hydrogen-bond donors (Lipinski definition) is 1. The van der Waals surface area contributed by atoms with E-state index in [4.69, 9.17) is 0 Å². The molecule has 1 N–H and O–H groups in total. The Morgan fingerprint density at radius 3 is 2.48 bits per heavy atom. The molecule has 1 heterocycles. The highest BCUT2D eigenvalue weighted by atomic mass is 32.2. The average molecular weight is 433 g/mol. The summed E-state index contributed by atoms with van der Waals surface area (Å²) in [6, 6.07) is 12.5. The van der Waals surface area contributed by atoms with E-state index in [9.17, 15) is 13.2 Å². The molecule has 1 amide bonds. The predicted molar refractivity (Wildman–Crippen MR) is 116 cm³/mol. The number of fused-ring (bicyclic) bond motifs is 1. The van der Waals surface area contributed by atoms with Gasteiger partial charge in [-0.3, -0.25) is 10.1 Å². The van der Waals surface area contributed by atoms with Crippen LogP contribution in [0.4, 0.5) is 5.13 Å². The Balaban J connectivity index is 1.69. The lowest BCUT2D eigenvalue weighted by Crippen LogP contribution is -2.34. The van der Waals surface area contributed by atoms with Gasteiger partial charge in [-0.15, -0.1) is 10.2 Å². The molecule has 9 heteroatoms. The number of likely N-dealkylation sites (N-methyl/N-ethyl adjacent to an activating group) is 1. The molecule has 0 spiro atoms. The van der Waals surface area contributed by atoms with Gasteiger partial charge in [0.1, 0.15) is 5.01 Å². The lowest BCUT2D eigenvalue weighted by molar-refractivity contribution is -0.116. The quantitative estimate of drug-likeness (QED) is 0.584. The Morgan fingerprint density at radius 2 is 1.79 bits per heavy atom. The summed E-state index contributed by atoms with van der Waals surface area (Å²) in [7, 11) is -2.41. The third-order valence-corrected chi connectivity index (χ3v) is 7.62. The maximum atomic E-state index is 12.9. The third-order valence-electron chi connectivity index (χ3n) is 4.82. The highest BCUT2D eigenvalue weighted by Crippen LogP contribution is 2.28. The Labute approximate surface area is 174 Å². The largest absolute Gasteiger partial charge is 0.299 e. The van der Waals surface area contributed by atoms with Gasteiger partial charge in [-0.2, -0.15) is 4.31 Å². The van der Waals surface area contributed by atoms with Crippen LogP contribution in [-0.4, -0.2) is 42.4 Å². The zero-order chi connectivity index (χ0) is 21.0. The fraction of sp³-hybridized carbons (Fsp3) is 0.350. The molecule has 0 saturated heterocycles. The summed E-state index contributed by atoms with van der Waals surface area (Å²) in [5.41, 5.74) is 0. The summed E-state index contributed by atoms with van der Waals surface area (Å²) in [4.78, 5) is 12.5. The van der Waals surface area contributed by atoms with Gasteiger partial charge in [0.2, 0.25) is 21.1 Å². The molecule has 2 aromatic carbocycles. The molecule has 0 bridgehead atoms. The van der Waals surface area contributed by atoms with E-state index in [2.05, 4.69) is 29.4 Å². The third kappa shape index (κ3) is 4.80. The van der Waals surface area contributed by atoms with Crippen LogP contribution in [0.25, 0.3) is 10.8 Å². The molecule has 0 aliphatic rings. The second-order valence-electron chi connectivity index (χ2n) is 6.78. The van der Waals surface area contributed by atoms with Crippen molar-refractivity contribution in [2.45, 2.75) is 37.5 Å². The molecular formula is C20H24N4O3S2. The number of anilines is 1. The van der Waals surface area contributed by atoms with Crippen LogP contribution in [0.5, 0.6) is 0 Å². The monoisotopic (exact) mass is 432 g/mol. The molecule has 7 nitrogen and oxygen atoms in total. The van der Waals surface area contributed by atoms with Crippen LogP contribution < -0.4 is 5.32 Å². The standard InChI is InChI=1S/C20H24N4O3S2/c1-4-14(5-2)19-22-23-20(28-19)21-18(25)13-24(3)29(26,27)17-11-10-15-8-6-7-9-16(15)12-17/h6-12,14H,4-5,13H2,1-3H3,(H,21,23,25). The summed E-state index contributed by atoms with van der Waals surface area (Å²) in [5, 5.41) is 13.8. The SMILES string of the molecule is CCC(CC)c1nnc(NC(=O)CN(C)S(=O)(=O)c2ccc3ccccc3c2)s1. The van der Waals surface area contributed by atoms with Gasteiger partial charge in [0, 0.05) is 13.0 Å². The van der Waals surface area contributed by atoms with E-state index < -0.39 is 15.9 Å². The van der Waals surface area contributed by atoms with Crippen LogP contribution in [-0.2, 0) is 14.8 Å². The highest BCUT2D eigenvalue weighted by Gasteiger charge is 2.24. The molecule has 3 rings (SSSR count). The number of benzene rings is 2. The van der Waals surface area contributed by atoms with Crippen LogP contribution in [0.15, 0.2) is 47.4 Å². The van der Waals surface area contributed by atoms with Crippen LogP contribution in [0.3, 0.4) is 0 Å². The first kappa shape index (κ1) is 21.4. The molecule has 0 unspecified atom stereocenters. The zero-order valence-electron chi connectivity index (χ0n) is 16.6. The molecule has 0 radical (unpaired) electrons. The Morgan fingerprint density at radius 1 is 1.10 bits per heavy atom. The number of rotatable bonds is 8. The fourth-order valence-corrected chi connectivity index (χ4v) is 5.23. The molecule has 0 atom stereocenters. The summed E-state index contributed by atoms with van der Waals surface area (Å²) >= 11 is 1.33. The first-order chi connectivity index (χ1) is 13.8. The van der Waals surface area contributed by atoms with Crippen LogP contribution >= 0.6 is 11.3 Å². The lowest BCUT2D eigenvalue weighted by Gasteiger charge is -2.16. The average Bonchev–Trinajstić information content (AvgIpc) is 3.16. The van der Waals surface area contributed by atoms with Gasteiger partial charge >= 0.3 is 0 Å². The van der Waals surface area contributed by atoms with Crippen molar-refractivity contribution in [2.75, 3.05) is 18.9 Å². The minimum Gasteiger partial charge on any atom is -0.299 e. The summed E-state index contributed by atoms with van der Waals surface area (Å²) < 4.78 is 26.7. The van der Waals surface area contributed by atoms with Crippen molar-refractivity contribution < 1.29 is 13.2 Å². The zero-order valence-corrected chi connectivity index (χ0v) is 18.3. The van der Waals surface area contributed by atoms with Gasteiger partial charge in [0.15, 0.2) is 0 Å². The maximum Gasteiger partial charge on any atom is 0.243 e. The second-order valence-corrected chi connectivity index (χ2v) is 9.83. The first-order valence-electron chi connectivity index (χ1n) is 9.43. The summed E-state index contributed by atoms with van der Waals surface area (Å²) in [6.07, 6.45) is 1.90. The molecule has 0 aliphatic carbocycles. The maximum absolute atomic E-state index is 12.9. The van der Waals surface area contributed by atoms with Crippen molar-refractivity contribution in [3.63, 3.8) is 0 Å². The minimum atomic E-state index is -3.79. The molecule has 0 saturated carbocycles. The Hall–Kier alpha value is -2.36. The Bertz CT molecular complexity index is 1110. The van der Waals surface area contributed by atoms with Crippen molar-refractivity contribution in [1.29, 1.82) is 0 Å². The number of nitrogens with zero attached hydrogens (tertiary/aromatic N) is 3. The lowest BCUT2D eigenvalue weighted by atomic mass is 10.1. The number of carbonyl (C=O) groups is 1. The van der Waals surface area contributed by atoms with E-state index in [1.807, 2.05) is 24.3 Å². The van der Waals surface area contributed by atoms with Crippen LogP contribution in [0, 0.1) is 0 Å². The molecule has 1 aromatic heterocycles. The van der Waals surface area contributed by atoms with Gasteiger partial charge in [0.05, 0.1) is 11.4 Å². The van der Waals surface area contributed by atoms with Crippen molar-refractivity contribution >= 4 is 43.2 Å². The van der Waals surface area contributed by atoms with Crippen molar-refractivity contribution in [3.05, 3.63) is 47.5 Å². The first-order valence-corrected chi connectivity index (χ1v) is 11.7. The van der Waals surface area contributed by atoms with E-state index in [-0.39, 0.29) is 11.4 Å². The van der Waals surface area contributed by atoms with E-state index in [0.29, 0.717) is 11.0 Å². The van der Waals surface area contributed by atoms with Crippen molar-refractivity contribution in [1.82, 2.24) is 14.5 Å². The number of nitrogens with one attached hydrogen (secondary N) is 1. The predicted octanol–water partition coefficient (Wildman–Crippen LogP) is 3.85. The van der Waals surface area contributed by atoms with E-state index in [0.717, 1.165) is 32.9 Å². The molecular weight excluding hydrogens is 408 g/mol. The van der Waals surface area contributed by atoms with E-state index in [1.165, 1.54) is 18.4 Å². The number of aromatic nitrogens is 2. The topological polar surface area (TPSA) is 92.3 Å². The molecule has 0 aliphatic heterocycles. The molecule has 3 aromatic rings. The van der Waals surface area contributed by atoms with E-state index in [1.54, 1.807) is 18.2 Å². The van der Waals surface area contributed by atoms with Crippen molar-refractivity contribution in [2.24, 2.45) is 0 Å². The number of amides is 1. The normalized spacial score (nSPS) is 12.0. The van der Waals surface area contributed by atoms with Crippen LogP contribution in [0.1, 0.15) is 37.6 Å². The van der Waals surface area contributed by atoms with Gasteiger partial charge in [-0.1, -0.05) is 55.5 Å². The highest BCUT2D eigenvalue weighted by molar-refractivity contribution is 7.89. The minimum absolute atomic E-state index is 0.151. The number of sulfonamides is 1. The van der Waals surface area contributed by atoms with E-state index >= 15 is 0 Å². The van der Waals surface area contributed by atoms with Gasteiger partial charge in [-0.05, 0) is 35.7 Å². The smallest absolute Gasteiger partial charge is 0.243 e. The summed E-state index contributed by atoms with van der Waals surface area (Å²) in [5.74, 6) is -0.141. The number of carbonyl (C=O) groups excluding carboxylic acids is 1. The number of hydrogen-bond acceptors (Lipinski definition) is 6. The fourth-order valence-electron chi connectivity index (χ4n) is 3.04. The second kappa shape index (κ2) is 8.98. The molecule has 29 heavy (non-hydrogen) atoms. The Kier molecular flexibility index (Phi) is 6.61. The van der Waals surface area contributed by atoms with Gasteiger partial charge in [0.25, 0.3) is 0 Å². The van der Waals surface area contributed by atoms with Gasteiger partial charge < -0.3 is 0 Å².